The molecule has 0 aliphatic carbocycles. The number of β-amino-alcohol motifs (C(OH)–C–C–N with tert-alkyl or cyclic N) is 1. The predicted octanol–water partition coefficient (Wildman–Crippen LogP) is 2.20. The van der Waals surface area contributed by atoms with Crippen LogP contribution in [-0.2, 0) is 0 Å². The fourth-order valence-electron chi connectivity index (χ4n) is 4.11. The maximum atomic E-state index is 9.65. The van der Waals surface area contributed by atoms with Gasteiger partial charge in [-0.3, -0.25) is 4.90 Å². The van der Waals surface area contributed by atoms with Gasteiger partial charge in [-0.1, -0.05) is 11.6 Å². The highest BCUT2D eigenvalue weighted by Gasteiger charge is 2.26. The van der Waals surface area contributed by atoms with E-state index in [0.29, 0.717) is 53.1 Å². The normalized spacial score (nSPS) is 16.3. The fourth-order valence-corrected chi connectivity index (χ4v) is 4.38. The highest BCUT2D eigenvalue weighted by molar-refractivity contribution is 6.36. The number of benzene rings is 1. The number of fused-ring (bicyclic) bond motifs is 1. The van der Waals surface area contributed by atoms with Gasteiger partial charge in [-0.05, 0) is 26.0 Å². The van der Waals surface area contributed by atoms with Crippen LogP contribution in [0.1, 0.15) is 25.0 Å². The first-order valence-electron chi connectivity index (χ1n) is 11.0. The molecule has 3 heterocycles. The number of hydrogen-bond acceptors (Lipinski definition) is 10. The summed E-state index contributed by atoms with van der Waals surface area (Å²) in [5.41, 5.74) is 2.36. The zero-order valence-corrected chi connectivity index (χ0v) is 19.7. The molecular formula is C22H25ClN10O. The molecule has 4 rings (SSSR count). The van der Waals surface area contributed by atoms with Crippen LogP contribution >= 0.6 is 11.6 Å². The van der Waals surface area contributed by atoms with E-state index in [2.05, 4.69) is 54.6 Å². The molecule has 0 saturated carbocycles. The third kappa shape index (κ3) is 4.54. The van der Waals surface area contributed by atoms with E-state index in [0.717, 1.165) is 18.8 Å². The molecule has 34 heavy (non-hydrogen) atoms. The molecule has 1 aliphatic heterocycles. The number of aliphatic hydroxyl groups is 1. The van der Waals surface area contributed by atoms with Crippen molar-refractivity contribution in [3.05, 3.63) is 34.5 Å². The zero-order chi connectivity index (χ0) is 24.2. The molecule has 1 aromatic carbocycles. The topological polar surface area (TPSA) is 141 Å². The molecule has 1 fully saturated rings. The second kappa shape index (κ2) is 10.1. The number of nitriles is 2. The molecule has 1 aliphatic rings. The van der Waals surface area contributed by atoms with E-state index in [1.54, 1.807) is 12.1 Å². The Hall–Kier alpha value is -3.64. The van der Waals surface area contributed by atoms with Crippen LogP contribution in [0.25, 0.3) is 5.65 Å². The molecule has 3 N–H and O–H groups in total. The van der Waals surface area contributed by atoms with Crippen LogP contribution < -0.4 is 15.5 Å². The Bertz CT molecular complexity index is 1280. The number of rotatable bonds is 7. The molecule has 1 saturated heterocycles. The third-order valence-electron chi connectivity index (χ3n) is 5.69. The summed E-state index contributed by atoms with van der Waals surface area (Å²) in [6, 6.07) is 7.86. The summed E-state index contributed by atoms with van der Waals surface area (Å²) in [6.07, 6.45) is 1.44. The molecule has 3 aromatic rings. The Labute approximate surface area is 202 Å². The van der Waals surface area contributed by atoms with Gasteiger partial charge in [-0.2, -0.15) is 30.1 Å². The number of aromatic nitrogens is 4. The van der Waals surface area contributed by atoms with E-state index in [9.17, 15) is 15.6 Å². The lowest BCUT2D eigenvalue weighted by Gasteiger charge is -2.41. The molecule has 1 atom stereocenters. The van der Waals surface area contributed by atoms with Gasteiger partial charge in [0, 0.05) is 38.8 Å². The Morgan fingerprint density at radius 1 is 1.24 bits per heavy atom. The maximum Gasteiger partial charge on any atom is 0.232 e. The van der Waals surface area contributed by atoms with Crippen LogP contribution in [0.3, 0.4) is 0 Å². The molecule has 0 amide bonds. The average Bonchev–Trinajstić information content (AvgIpc) is 3.24. The number of anilines is 4. The molecular weight excluding hydrogens is 456 g/mol. The van der Waals surface area contributed by atoms with Crippen LogP contribution in [0.4, 0.5) is 23.3 Å². The van der Waals surface area contributed by atoms with Crippen molar-refractivity contribution in [3.63, 3.8) is 0 Å². The minimum Gasteiger partial charge on any atom is -0.395 e. The lowest BCUT2D eigenvalue weighted by molar-refractivity contribution is 0.174. The number of piperazine rings is 1. The first kappa shape index (κ1) is 23.5. The van der Waals surface area contributed by atoms with Gasteiger partial charge in [-0.15, -0.1) is 0 Å². The van der Waals surface area contributed by atoms with Gasteiger partial charge in [0.1, 0.15) is 11.6 Å². The Morgan fingerprint density at radius 3 is 2.74 bits per heavy atom. The van der Waals surface area contributed by atoms with Crippen LogP contribution in [0.5, 0.6) is 0 Å². The van der Waals surface area contributed by atoms with Crippen LogP contribution in [0.15, 0.2) is 18.3 Å². The molecule has 0 bridgehead atoms. The first-order valence-corrected chi connectivity index (χ1v) is 11.4. The standard InChI is InChI=1S/C22H25ClN10O/c1-3-26-22-30-21(29-20-16(11-25)12-27-33(20)22)28-17-8-15(10-24)9-18(19(17)23)32-5-4-31(6-7-34)13-14(32)2/h8-9,12,14,34H,3-7,13H2,1-2H3,(H2,26,28,29,30)/t14-/m0/s1. The third-order valence-corrected chi connectivity index (χ3v) is 6.09. The summed E-state index contributed by atoms with van der Waals surface area (Å²) in [6.45, 7) is 7.64. The number of nitrogens with one attached hydrogen (secondary N) is 2. The monoisotopic (exact) mass is 480 g/mol. The quantitative estimate of drug-likeness (QED) is 0.460. The van der Waals surface area contributed by atoms with Crippen molar-refractivity contribution in [2.24, 2.45) is 0 Å². The van der Waals surface area contributed by atoms with Crippen LogP contribution in [0, 0.1) is 22.7 Å². The van der Waals surface area contributed by atoms with E-state index in [4.69, 9.17) is 11.6 Å². The molecule has 0 unspecified atom stereocenters. The molecule has 11 nitrogen and oxygen atoms in total. The summed E-state index contributed by atoms with van der Waals surface area (Å²) in [5, 5.41) is 39.2. The minimum absolute atomic E-state index is 0.120. The Balaban J connectivity index is 1.71. The Morgan fingerprint density at radius 2 is 2.06 bits per heavy atom. The average molecular weight is 481 g/mol. The van der Waals surface area contributed by atoms with Gasteiger partial charge in [0.15, 0.2) is 5.65 Å². The first-order chi connectivity index (χ1) is 16.5. The summed E-state index contributed by atoms with van der Waals surface area (Å²) in [7, 11) is 0. The van der Waals surface area contributed by atoms with Crippen molar-refractivity contribution < 1.29 is 5.11 Å². The van der Waals surface area contributed by atoms with Crippen LogP contribution in [0.2, 0.25) is 5.02 Å². The van der Waals surface area contributed by atoms with Gasteiger partial charge in [0.25, 0.3) is 0 Å². The van der Waals surface area contributed by atoms with E-state index in [1.165, 1.54) is 10.7 Å². The predicted molar refractivity (Wildman–Crippen MR) is 129 cm³/mol. The Kier molecular flexibility index (Phi) is 6.98. The van der Waals surface area contributed by atoms with E-state index in [-0.39, 0.29) is 18.6 Å². The fraction of sp³-hybridized carbons (Fsp3) is 0.409. The maximum absolute atomic E-state index is 9.65. The SMILES string of the molecule is CCNc1nc(Nc2cc(C#N)cc(N3CCN(CCO)C[C@@H]3C)c2Cl)nc2c(C#N)cnn12. The van der Waals surface area contributed by atoms with Gasteiger partial charge in [-0.25, -0.2) is 0 Å². The molecule has 0 radical (unpaired) electrons. The van der Waals surface area contributed by atoms with Gasteiger partial charge >= 0.3 is 0 Å². The zero-order valence-electron chi connectivity index (χ0n) is 19.0. The highest BCUT2D eigenvalue weighted by Crippen LogP contribution is 2.37. The van der Waals surface area contributed by atoms with Crippen LogP contribution in [-0.4, -0.2) is 75.0 Å². The summed E-state index contributed by atoms with van der Waals surface area (Å²) in [4.78, 5) is 13.3. The molecule has 2 aromatic heterocycles. The largest absolute Gasteiger partial charge is 0.395 e. The second-order valence-corrected chi connectivity index (χ2v) is 8.34. The lowest BCUT2D eigenvalue weighted by Crippen LogP contribution is -2.52. The van der Waals surface area contributed by atoms with E-state index >= 15 is 0 Å². The van der Waals surface area contributed by atoms with Crippen molar-refractivity contribution >= 4 is 40.5 Å². The number of halogens is 1. The molecule has 0 spiro atoms. The van der Waals surface area contributed by atoms with E-state index in [1.807, 2.05) is 6.92 Å². The van der Waals surface area contributed by atoms with Crippen molar-refractivity contribution in [3.8, 4) is 12.1 Å². The molecule has 176 valence electrons. The number of aliphatic hydroxyl groups excluding tert-OH is 1. The van der Waals surface area contributed by atoms with Crippen molar-refractivity contribution in [2.45, 2.75) is 19.9 Å². The minimum atomic E-state index is 0.120. The highest BCUT2D eigenvalue weighted by atomic mass is 35.5. The smallest absolute Gasteiger partial charge is 0.232 e. The van der Waals surface area contributed by atoms with Gasteiger partial charge < -0.3 is 20.6 Å². The number of nitrogens with zero attached hydrogens (tertiary/aromatic N) is 8. The van der Waals surface area contributed by atoms with Gasteiger partial charge in [0.2, 0.25) is 11.9 Å². The molecule has 12 heteroatoms. The van der Waals surface area contributed by atoms with E-state index < -0.39 is 0 Å². The van der Waals surface area contributed by atoms with Crippen molar-refractivity contribution in [1.29, 1.82) is 10.5 Å². The number of hydrogen-bond donors (Lipinski definition) is 3. The summed E-state index contributed by atoms with van der Waals surface area (Å²) >= 11 is 6.83. The van der Waals surface area contributed by atoms with Crippen molar-refractivity contribution in [1.82, 2.24) is 24.5 Å². The summed E-state index contributed by atoms with van der Waals surface area (Å²) in [5.74, 6) is 0.655. The second-order valence-electron chi connectivity index (χ2n) is 7.97. The van der Waals surface area contributed by atoms with Gasteiger partial charge in [0.05, 0.1) is 40.8 Å². The summed E-state index contributed by atoms with van der Waals surface area (Å²) < 4.78 is 1.47. The lowest BCUT2D eigenvalue weighted by atomic mass is 10.1. The van der Waals surface area contributed by atoms with Crippen molar-refractivity contribution in [2.75, 3.05) is 54.9 Å².